The van der Waals surface area contributed by atoms with E-state index in [1.165, 1.54) is 7.11 Å². The fraction of sp³-hybridized carbons (Fsp3) is 0.800. The predicted octanol–water partition coefficient (Wildman–Crippen LogP) is 0.511. The van der Waals surface area contributed by atoms with E-state index in [0.717, 1.165) is 0 Å². The molecule has 2 rings (SSSR count). The zero-order valence-electron chi connectivity index (χ0n) is 15.1. The van der Waals surface area contributed by atoms with Gasteiger partial charge in [-0.1, -0.05) is 13.8 Å². The van der Waals surface area contributed by atoms with Gasteiger partial charge in [-0.05, 0) is 6.42 Å². The van der Waals surface area contributed by atoms with Gasteiger partial charge >= 0.3 is 13.8 Å². The van der Waals surface area contributed by atoms with Crippen LogP contribution in [0.2, 0.25) is 0 Å². The summed E-state index contributed by atoms with van der Waals surface area (Å²) in [5.41, 5.74) is -0.711. The molecule has 26 heavy (non-hydrogen) atoms. The summed E-state index contributed by atoms with van der Waals surface area (Å²) in [6.07, 6.45) is 0.00731. The summed E-state index contributed by atoms with van der Waals surface area (Å²) < 4.78 is 32.1. The van der Waals surface area contributed by atoms with Crippen LogP contribution < -0.4 is 10.6 Å². The second kappa shape index (κ2) is 8.47. The normalized spacial score (nSPS) is 30.5. The number of hydrogen-bond acceptors (Lipinski definition) is 8. The van der Waals surface area contributed by atoms with Gasteiger partial charge in [-0.2, -0.15) is 0 Å². The third-order valence-electron chi connectivity index (χ3n) is 4.16. The van der Waals surface area contributed by atoms with Gasteiger partial charge in [0.25, 0.3) is 0 Å². The SMILES string of the molecule is COP1(=O)OCC(C)(C)[C@H](C(=O)NCCC(=O)OCC2CCC(=O)N2)O1. The molecule has 2 fully saturated rings. The van der Waals surface area contributed by atoms with E-state index < -0.39 is 31.2 Å². The Bertz CT molecular complexity index is 608. The van der Waals surface area contributed by atoms with E-state index >= 15 is 0 Å². The number of nitrogens with one attached hydrogen (secondary N) is 2. The monoisotopic (exact) mass is 392 g/mol. The zero-order chi connectivity index (χ0) is 19.4. The van der Waals surface area contributed by atoms with Gasteiger partial charge in [0, 0.05) is 25.5 Å². The van der Waals surface area contributed by atoms with Crippen molar-refractivity contribution in [3.63, 3.8) is 0 Å². The third kappa shape index (κ3) is 5.51. The minimum Gasteiger partial charge on any atom is -0.463 e. The number of rotatable bonds is 7. The van der Waals surface area contributed by atoms with Crippen molar-refractivity contribution in [2.45, 2.75) is 45.3 Å². The molecular weight excluding hydrogens is 367 g/mol. The number of carbonyl (C=O) groups excluding carboxylic acids is 3. The van der Waals surface area contributed by atoms with E-state index in [1.54, 1.807) is 13.8 Å². The first-order valence-electron chi connectivity index (χ1n) is 8.36. The maximum Gasteiger partial charge on any atom is 0.475 e. The average Bonchev–Trinajstić information content (AvgIpc) is 3.01. The van der Waals surface area contributed by atoms with Crippen molar-refractivity contribution in [1.82, 2.24) is 10.6 Å². The molecule has 0 radical (unpaired) electrons. The van der Waals surface area contributed by atoms with Crippen molar-refractivity contribution in [2.75, 3.05) is 26.9 Å². The van der Waals surface area contributed by atoms with Gasteiger partial charge in [0.1, 0.15) is 6.61 Å². The van der Waals surface area contributed by atoms with Crippen molar-refractivity contribution in [3.8, 4) is 0 Å². The fourth-order valence-corrected chi connectivity index (χ4v) is 3.95. The molecule has 0 aliphatic carbocycles. The summed E-state index contributed by atoms with van der Waals surface area (Å²) in [4.78, 5) is 35.1. The Hall–Kier alpha value is -1.48. The highest BCUT2D eigenvalue weighted by molar-refractivity contribution is 7.48. The highest BCUT2D eigenvalue weighted by atomic mass is 31.2. The van der Waals surface area contributed by atoms with Gasteiger partial charge in [-0.25, -0.2) is 4.57 Å². The standard InChI is InChI=1S/C15H25N2O8P/c1-15(2)9-24-26(21,22-3)25-13(15)14(20)16-7-6-12(19)23-8-10-4-5-11(18)17-10/h10,13H,4-9H2,1-3H3,(H,16,20)(H,17,18)/t10?,13-,26?/m0/s1. The van der Waals surface area contributed by atoms with Crippen molar-refractivity contribution < 1.29 is 37.3 Å². The molecule has 3 atom stereocenters. The van der Waals surface area contributed by atoms with Crippen LogP contribution in [0.3, 0.4) is 0 Å². The molecule has 148 valence electrons. The molecule has 2 heterocycles. The first-order chi connectivity index (χ1) is 12.1. The number of carbonyl (C=O) groups is 3. The zero-order valence-corrected chi connectivity index (χ0v) is 16.0. The first-order valence-corrected chi connectivity index (χ1v) is 9.83. The molecule has 2 saturated heterocycles. The molecule has 0 aromatic rings. The van der Waals surface area contributed by atoms with E-state index in [2.05, 4.69) is 10.6 Å². The average molecular weight is 392 g/mol. The second-order valence-corrected chi connectivity index (χ2v) is 8.63. The van der Waals surface area contributed by atoms with Crippen LogP contribution in [0, 0.1) is 5.41 Å². The van der Waals surface area contributed by atoms with Crippen LogP contribution in [0.15, 0.2) is 0 Å². The lowest BCUT2D eigenvalue weighted by Crippen LogP contribution is -2.49. The minimum absolute atomic E-state index is 0.0298. The molecule has 10 nitrogen and oxygen atoms in total. The largest absolute Gasteiger partial charge is 0.475 e. The van der Waals surface area contributed by atoms with Crippen molar-refractivity contribution in [3.05, 3.63) is 0 Å². The Kier molecular flexibility index (Phi) is 6.79. The molecule has 0 aromatic carbocycles. The Balaban J connectivity index is 1.74. The quantitative estimate of drug-likeness (QED) is 0.474. The summed E-state index contributed by atoms with van der Waals surface area (Å²) in [5, 5.41) is 5.27. The van der Waals surface area contributed by atoms with Gasteiger partial charge < -0.3 is 15.4 Å². The van der Waals surface area contributed by atoms with Gasteiger partial charge in [0.15, 0.2) is 6.10 Å². The van der Waals surface area contributed by atoms with Crippen LogP contribution in [-0.4, -0.2) is 56.8 Å². The van der Waals surface area contributed by atoms with E-state index in [-0.39, 0.29) is 38.1 Å². The van der Waals surface area contributed by atoms with Gasteiger partial charge in [-0.3, -0.25) is 28.0 Å². The molecule has 0 saturated carbocycles. The topological polar surface area (TPSA) is 129 Å². The van der Waals surface area contributed by atoms with Crippen LogP contribution in [-0.2, 0) is 37.3 Å². The molecule has 0 bridgehead atoms. The maximum atomic E-state index is 12.3. The second-order valence-electron chi connectivity index (χ2n) is 6.90. The number of amides is 2. The molecule has 0 aromatic heterocycles. The van der Waals surface area contributed by atoms with Gasteiger partial charge in [0.05, 0.1) is 19.1 Å². The lowest BCUT2D eigenvalue weighted by molar-refractivity contribution is -0.145. The smallest absolute Gasteiger partial charge is 0.463 e. The summed E-state index contributed by atoms with van der Waals surface area (Å²) in [6, 6.07) is -0.152. The Morgan fingerprint density at radius 3 is 2.77 bits per heavy atom. The lowest BCUT2D eigenvalue weighted by Gasteiger charge is -2.39. The van der Waals surface area contributed by atoms with Crippen LogP contribution in [0.5, 0.6) is 0 Å². The summed E-state index contributed by atoms with van der Waals surface area (Å²) in [7, 11) is -2.57. The number of phosphoric ester groups is 1. The first kappa shape index (κ1) is 20.8. The van der Waals surface area contributed by atoms with Crippen molar-refractivity contribution >= 4 is 25.6 Å². The van der Waals surface area contributed by atoms with Crippen LogP contribution in [0.1, 0.15) is 33.1 Å². The van der Waals surface area contributed by atoms with E-state index in [0.29, 0.717) is 12.8 Å². The number of phosphoric acid groups is 1. The van der Waals surface area contributed by atoms with E-state index in [1.807, 2.05) is 0 Å². The van der Waals surface area contributed by atoms with Crippen LogP contribution in [0.25, 0.3) is 0 Å². The lowest BCUT2D eigenvalue weighted by atomic mass is 9.87. The Morgan fingerprint density at radius 1 is 1.42 bits per heavy atom. The number of esters is 1. The molecule has 2 amide bonds. The summed E-state index contributed by atoms with van der Waals surface area (Å²) in [5.74, 6) is -1.04. The molecule has 2 unspecified atom stereocenters. The molecule has 11 heteroatoms. The molecular formula is C15H25N2O8P. The molecule has 2 N–H and O–H groups in total. The van der Waals surface area contributed by atoms with Crippen LogP contribution in [0.4, 0.5) is 0 Å². The Labute approximate surface area is 151 Å². The van der Waals surface area contributed by atoms with Gasteiger partial charge in [0.2, 0.25) is 11.8 Å². The molecule has 2 aliphatic rings. The van der Waals surface area contributed by atoms with E-state index in [4.69, 9.17) is 18.3 Å². The minimum atomic E-state index is -3.75. The maximum absolute atomic E-state index is 12.3. The summed E-state index contributed by atoms with van der Waals surface area (Å²) in [6.45, 7) is 3.67. The number of ether oxygens (including phenoxy) is 1. The van der Waals surface area contributed by atoms with Crippen molar-refractivity contribution in [1.29, 1.82) is 0 Å². The predicted molar refractivity (Wildman–Crippen MR) is 89.0 cm³/mol. The molecule has 2 aliphatic heterocycles. The van der Waals surface area contributed by atoms with E-state index in [9.17, 15) is 18.9 Å². The highest BCUT2D eigenvalue weighted by Crippen LogP contribution is 2.56. The van der Waals surface area contributed by atoms with Gasteiger partial charge in [-0.15, -0.1) is 0 Å². The number of hydrogen-bond donors (Lipinski definition) is 2. The summed E-state index contributed by atoms with van der Waals surface area (Å²) >= 11 is 0. The van der Waals surface area contributed by atoms with Crippen molar-refractivity contribution in [2.24, 2.45) is 5.41 Å². The highest BCUT2D eigenvalue weighted by Gasteiger charge is 2.48. The molecule has 0 spiro atoms. The fourth-order valence-electron chi connectivity index (χ4n) is 2.57. The Morgan fingerprint density at radius 2 is 2.15 bits per heavy atom. The van der Waals surface area contributed by atoms with Crippen LogP contribution >= 0.6 is 7.82 Å². The third-order valence-corrected chi connectivity index (χ3v) is 5.52.